The van der Waals surface area contributed by atoms with Crippen LogP contribution in [0.1, 0.15) is 25.3 Å². The van der Waals surface area contributed by atoms with E-state index in [0.717, 1.165) is 22.5 Å². The summed E-state index contributed by atoms with van der Waals surface area (Å²) in [6, 6.07) is 26.9. The number of hydrogen-bond acceptors (Lipinski definition) is 1. The van der Waals surface area contributed by atoms with Crippen LogP contribution in [0.2, 0.25) is 0 Å². The average Bonchev–Trinajstić information content (AvgIpc) is 2.63. The Morgan fingerprint density at radius 1 is 0.760 bits per heavy atom. The monoisotopic (exact) mass is 346 g/mol. The highest BCUT2D eigenvalue weighted by Gasteiger charge is 2.06. The van der Waals surface area contributed by atoms with E-state index in [1.54, 1.807) is 0 Å². The van der Waals surface area contributed by atoms with Crippen molar-refractivity contribution in [3.63, 3.8) is 0 Å². The summed E-state index contributed by atoms with van der Waals surface area (Å²) < 4.78 is 0. The maximum absolute atomic E-state index is 5.49. The highest BCUT2D eigenvalue weighted by Crippen LogP contribution is 2.27. The molecule has 25 heavy (non-hydrogen) atoms. The average molecular weight is 346 g/mol. The lowest BCUT2D eigenvalue weighted by molar-refractivity contribution is 0.867. The molecule has 0 radical (unpaired) electrons. The minimum absolute atomic E-state index is 0.525. The fourth-order valence-corrected chi connectivity index (χ4v) is 2.93. The molecule has 3 aromatic rings. The van der Waals surface area contributed by atoms with Crippen molar-refractivity contribution < 1.29 is 0 Å². The topological polar surface area (TPSA) is 24.1 Å². The van der Waals surface area contributed by atoms with Crippen LogP contribution in [-0.4, -0.2) is 5.11 Å². The summed E-state index contributed by atoms with van der Waals surface area (Å²) in [5, 5.41) is 7.15. The molecule has 3 aromatic carbocycles. The second-order valence-electron chi connectivity index (χ2n) is 6.27. The fraction of sp³-hybridized carbons (Fsp3) is 0.136. The minimum Gasteiger partial charge on any atom is -0.332 e. The Bertz CT molecular complexity index is 839. The van der Waals surface area contributed by atoms with Crippen molar-refractivity contribution in [2.75, 3.05) is 10.6 Å². The van der Waals surface area contributed by atoms with E-state index in [0.29, 0.717) is 11.0 Å². The lowest BCUT2D eigenvalue weighted by atomic mass is 10.0. The molecule has 0 atom stereocenters. The summed E-state index contributed by atoms with van der Waals surface area (Å²) >= 11 is 5.49. The molecule has 126 valence electrons. The first kappa shape index (κ1) is 17.2. The number of hydrogen-bond donors (Lipinski definition) is 2. The van der Waals surface area contributed by atoms with Crippen LogP contribution in [0.25, 0.3) is 11.1 Å². The smallest absolute Gasteiger partial charge is 0.175 e. The van der Waals surface area contributed by atoms with Gasteiger partial charge in [0.1, 0.15) is 0 Å². The molecule has 0 heterocycles. The number of thiocarbonyl (C=S) groups is 1. The zero-order valence-electron chi connectivity index (χ0n) is 14.5. The Morgan fingerprint density at radius 3 is 2.08 bits per heavy atom. The van der Waals surface area contributed by atoms with Crippen molar-refractivity contribution in [2.45, 2.75) is 19.8 Å². The first-order chi connectivity index (χ1) is 12.1. The lowest BCUT2D eigenvalue weighted by Gasteiger charge is -2.15. The Hall–Kier alpha value is -2.65. The summed E-state index contributed by atoms with van der Waals surface area (Å²) in [5.41, 5.74) is 5.58. The molecule has 3 heteroatoms. The van der Waals surface area contributed by atoms with E-state index in [1.165, 1.54) is 5.56 Å². The van der Waals surface area contributed by atoms with Gasteiger partial charge >= 0.3 is 0 Å². The summed E-state index contributed by atoms with van der Waals surface area (Å²) in [4.78, 5) is 0. The predicted octanol–water partition coefficient (Wildman–Crippen LogP) is 6.29. The van der Waals surface area contributed by atoms with E-state index >= 15 is 0 Å². The van der Waals surface area contributed by atoms with Gasteiger partial charge in [-0.2, -0.15) is 0 Å². The number of anilines is 2. The standard InChI is InChI=1S/C22H22N2S/c1-16(2)17-12-14-19(15-13-17)23-22(25)24-21-11-7-6-10-20(21)18-8-4-3-5-9-18/h3-16H,1-2H3,(H2,23,24,25). The summed E-state index contributed by atoms with van der Waals surface area (Å²) in [6.45, 7) is 4.38. The Balaban J connectivity index is 1.73. The van der Waals surface area contributed by atoms with Gasteiger partial charge < -0.3 is 10.6 Å². The molecule has 0 saturated heterocycles. The molecule has 0 fully saturated rings. The molecule has 0 aliphatic heterocycles. The molecule has 3 rings (SSSR count). The van der Waals surface area contributed by atoms with Crippen LogP contribution >= 0.6 is 12.2 Å². The van der Waals surface area contributed by atoms with Crippen LogP contribution in [0.4, 0.5) is 11.4 Å². The van der Waals surface area contributed by atoms with E-state index in [-0.39, 0.29) is 0 Å². The second-order valence-corrected chi connectivity index (χ2v) is 6.68. The summed E-state index contributed by atoms with van der Waals surface area (Å²) in [7, 11) is 0. The van der Waals surface area contributed by atoms with E-state index in [2.05, 4.69) is 66.9 Å². The van der Waals surface area contributed by atoms with Crippen molar-refractivity contribution in [2.24, 2.45) is 0 Å². The first-order valence-electron chi connectivity index (χ1n) is 8.46. The van der Waals surface area contributed by atoms with Gasteiger partial charge in [-0.1, -0.05) is 74.5 Å². The molecule has 0 unspecified atom stereocenters. The quantitative estimate of drug-likeness (QED) is 0.543. The van der Waals surface area contributed by atoms with Crippen molar-refractivity contribution in [3.05, 3.63) is 84.4 Å². The molecule has 0 bridgehead atoms. The minimum atomic E-state index is 0.525. The largest absolute Gasteiger partial charge is 0.332 e. The summed E-state index contributed by atoms with van der Waals surface area (Å²) in [5.74, 6) is 0.525. The van der Waals surface area contributed by atoms with Crippen LogP contribution in [-0.2, 0) is 0 Å². The Morgan fingerprint density at radius 2 is 1.40 bits per heavy atom. The number of rotatable bonds is 4. The van der Waals surface area contributed by atoms with Crippen molar-refractivity contribution in [3.8, 4) is 11.1 Å². The molecule has 0 saturated carbocycles. The van der Waals surface area contributed by atoms with Gasteiger partial charge in [-0.3, -0.25) is 0 Å². The molecular weight excluding hydrogens is 324 g/mol. The van der Waals surface area contributed by atoms with Gasteiger partial charge in [-0.25, -0.2) is 0 Å². The number of para-hydroxylation sites is 1. The third-order valence-corrected chi connectivity index (χ3v) is 4.30. The number of nitrogens with one attached hydrogen (secondary N) is 2. The number of benzene rings is 3. The third-order valence-electron chi connectivity index (χ3n) is 4.10. The highest BCUT2D eigenvalue weighted by molar-refractivity contribution is 7.80. The van der Waals surface area contributed by atoms with Crippen molar-refractivity contribution >= 4 is 28.7 Å². The second kappa shape index (κ2) is 7.95. The molecule has 2 N–H and O–H groups in total. The Labute approximate surface area is 154 Å². The Kier molecular flexibility index (Phi) is 5.46. The molecule has 0 amide bonds. The SMILES string of the molecule is CC(C)c1ccc(NC(=S)Nc2ccccc2-c2ccccc2)cc1. The normalized spacial score (nSPS) is 10.5. The highest BCUT2D eigenvalue weighted by atomic mass is 32.1. The van der Waals surface area contributed by atoms with Crippen LogP contribution in [0.3, 0.4) is 0 Å². The van der Waals surface area contributed by atoms with E-state index in [9.17, 15) is 0 Å². The zero-order chi connectivity index (χ0) is 17.6. The lowest BCUT2D eigenvalue weighted by Crippen LogP contribution is -2.19. The molecule has 0 aliphatic carbocycles. The molecule has 2 nitrogen and oxygen atoms in total. The van der Waals surface area contributed by atoms with Crippen LogP contribution in [0.15, 0.2) is 78.9 Å². The third kappa shape index (κ3) is 4.46. The van der Waals surface area contributed by atoms with Crippen LogP contribution in [0, 0.1) is 0 Å². The van der Waals surface area contributed by atoms with Gasteiger partial charge in [0.05, 0.1) is 0 Å². The van der Waals surface area contributed by atoms with Gasteiger partial charge in [0.25, 0.3) is 0 Å². The molecule has 0 spiro atoms. The van der Waals surface area contributed by atoms with Crippen molar-refractivity contribution in [1.29, 1.82) is 0 Å². The van der Waals surface area contributed by atoms with E-state index in [4.69, 9.17) is 12.2 Å². The van der Waals surface area contributed by atoms with Crippen molar-refractivity contribution in [1.82, 2.24) is 0 Å². The van der Waals surface area contributed by atoms with E-state index in [1.807, 2.05) is 36.4 Å². The van der Waals surface area contributed by atoms with Gasteiger partial charge in [-0.05, 0) is 47.5 Å². The predicted molar refractivity (Wildman–Crippen MR) is 112 cm³/mol. The maximum Gasteiger partial charge on any atom is 0.175 e. The molecule has 0 aliphatic rings. The van der Waals surface area contributed by atoms with Gasteiger partial charge in [0, 0.05) is 16.9 Å². The first-order valence-corrected chi connectivity index (χ1v) is 8.87. The fourth-order valence-electron chi connectivity index (χ4n) is 2.70. The van der Waals surface area contributed by atoms with Gasteiger partial charge in [0.15, 0.2) is 5.11 Å². The van der Waals surface area contributed by atoms with E-state index < -0.39 is 0 Å². The van der Waals surface area contributed by atoms with Gasteiger partial charge in [0.2, 0.25) is 0 Å². The molecular formula is C22H22N2S. The van der Waals surface area contributed by atoms with Crippen LogP contribution < -0.4 is 10.6 Å². The molecule has 0 aromatic heterocycles. The van der Waals surface area contributed by atoms with Gasteiger partial charge in [-0.15, -0.1) is 0 Å². The zero-order valence-corrected chi connectivity index (χ0v) is 15.3. The summed E-state index contributed by atoms with van der Waals surface area (Å²) in [6.07, 6.45) is 0. The van der Waals surface area contributed by atoms with Crippen LogP contribution in [0.5, 0.6) is 0 Å². The maximum atomic E-state index is 5.49.